The van der Waals surface area contributed by atoms with Gasteiger partial charge in [0.05, 0.1) is 12.3 Å². The molecule has 0 spiro atoms. The third-order valence-corrected chi connectivity index (χ3v) is 2.43. The van der Waals surface area contributed by atoms with Gasteiger partial charge in [-0.1, -0.05) is 19.0 Å². The summed E-state index contributed by atoms with van der Waals surface area (Å²) in [7, 11) is 1.60. The van der Waals surface area contributed by atoms with E-state index in [-0.39, 0.29) is 17.9 Å². The first-order chi connectivity index (χ1) is 7.97. The maximum Gasteiger partial charge on any atom is 0.257 e. The molecular weight excluding hydrogens is 220 g/mol. The second kappa shape index (κ2) is 5.82. The van der Waals surface area contributed by atoms with Crippen LogP contribution in [0.3, 0.4) is 0 Å². The summed E-state index contributed by atoms with van der Waals surface area (Å²) < 4.78 is 10.2. The quantitative estimate of drug-likeness (QED) is 0.853. The second-order valence-electron chi connectivity index (χ2n) is 4.49. The summed E-state index contributed by atoms with van der Waals surface area (Å²) in [6.07, 6.45) is 0. The van der Waals surface area contributed by atoms with Gasteiger partial charge in [0.2, 0.25) is 0 Å². The van der Waals surface area contributed by atoms with Crippen molar-refractivity contribution in [2.24, 2.45) is 0 Å². The van der Waals surface area contributed by atoms with Crippen LogP contribution in [0.25, 0.3) is 0 Å². The molecule has 0 aliphatic rings. The van der Waals surface area contributed by atoms with Crippen LogP contribution in [0.5, 0.6) is 0 Å². The molecule has 17 heavy (non-hydrogen) atoms. The lowest BCUT2D eigenvalue weighted by molar-refractivity contribution is 0.0902. The molecule has 1 aromatic heterocycles. The molecule has 0 radical (unpaired) electrons. The number of nitrogens with one attached hydrogen (secondary N) is 1. The molecule has 1 atom stereocenters. The minimum atomic E-state index is -0.156. The molecule has 0 bridgehead atoms. The fraction of sp³-hybridized carbons (Fsp3) is 0.667. The van der Waals surface area contributed by atoms with Gasteiger partial charge in [-0.05, 0) is 13.8 Å². The normalized spacial score (nSPS) is 12.8. The van der Waals surface area contributed by atoms with E-state index in [0.717, 1.165) is 0 Å². The first kappa shape index (κ1) is 13.7. The summed E-state index contributed by atoms with van der Waals surface area (Å²) in [5, 5.41) is 6.70. The van der Waals surface area contributed by atoms with Crippen LogP contribution in [0, 0.1) is 6.92 Å². The fourth-order valence-corrected chi connectivity index (χ4v) is 1.65. The van der Waals surface area contributed by atoms with Crippen LogP contribution >= 0.6 is 0 Å². The Morgan fingerprint density at radius 1 is 1.47 bits per heavy atom. The molecule has 5 nitrogen and oxygen atoms in total. The van der Waals surface area contributed by atoms with Crippen molar-refractivity contribution in [3.05, 3.63) is 17.0 Å². The van der Waals surface area contributed by atoms with Crippen LogP contribution < -0.4 is 5.32 Å². The third kappa shape index (κ3) is 3.30. The summed E-state index contributed by atoms with van der Waals surface area (Å²) in [5.74, 6) is 0.608. The van der Waals surface area contributed by atoms with Gasteiger partial charge < -0.3 is 14.6 Å². The van der Waals surface area contributed by atoms with E-state index in [9.17, 15) is 4.79 Å². The smallest absolute Gasteiger partial charge is 0.257 e. The summed E-state index contributed by atoms with van der Waals surface area (Å²) in [5.41, 5.74) is 1.17. The Morgan fingerprint density at radius 3 is 2.65 bits per heavy atom. The van der Waals surface area contributed by atoms with Crippen molar-refractivity contribution < 1.29 is 14.1 Å². The molecule has 0 saturated heterocycles. The topological polar surface area (TPSA) is 64.4 Å². The summed E-state index contributed by atoms with van der Waals surface area (Å²) in [4.78, 5) is 12.1. The van der Waals surface area contributed by atoms with E-state index in [1.807, 2.05) is 20.8 Å². The number of aromatic nitrogens is 1. The lowest BCUT2D eigenvalue weighted by Gasteiger charge is -2.13. The van der Waals surface area contributed by atoms with Gasteiger partial charge in [0, 0.05) is 19.1 Å². The molecule has 0 aliphatic heterocycles. The van der Waals surface area contributed by atoms with Crippen LogP contribution in [-0.2, 0) is 4.74 Å². The number of ether oxygens (including phenoxy) is 1. The predicted molar refractivity (Wildman–Crippen MR) is 64.1 cm³/mol. The highest BCUT2D eigenvalue weighted by Crippen LogP contribution is 2.22. The summed E-state index contributed by atoms with van der Waals surface area (Å²) in [6.45, 7) is 8.07. The Morgan fingerprint density at radius 2 is 2.12 bits per heavy atom. The molecule has 0 saturated carbocycles. The van der Waals surface area contributed by atoms with E-state index >= 15 is 0 Å². The molecule has 0 unspecified atom stereocenters. The Hall–Kier alpha value is -1.36. The van der Waals surface area contributed by atoms with Gasteiger partial charge in [0.25, 0.3) is 5.91 Å². The SMILES string of the molecule is COC[C@@H](C)NC(=O)c1c(C)noc1C(C)C. The number of rotatable bonds is 5. The van der Waals surface area contributed by atoms with E-state index in [1.54, 1.807) is 14.0 Å². The van der Waals surface area contributed by atoms with E-state index in [1.165, 1.54) is 0 Å². The fourth-order valence-electron chi connectivity index (χ4n) is 1.65. The maximum absolute atomic E-state index is 12.1. The van der Waals surface area contributed by atoms with Crippen molar-refractivity contribution in [1.82, 2.24) is 10.5 Å². The van der Waals surface area contributed by atoms with Gasteiger partial charge in [-0.15, -0.1) is 0 Å². The highest BCUT2D eigenvalue weighted by atomic mass is 16.5. The van der Waals surface area contributed by atoms with E-state index in [4.69, 9.17) is 9.26 Å². The van der Waals surface area contributed by atoms with Crippen molar-refractivity contribution >= 4 is 5.91 Å². The van der Waals surface area contributed by atoms with Crippen LogP contribution in [0.1, 0.15) is 48.5 Å². The Balaban J connectivity index is 2.84. The number of methoxy groups -OCH3 is 1. The van der Waals surface area contributed by atoms with Crippen LogP contribution in [0.15, 0.2) is 4.52 Å². The summed E-state index contributed by atoms with van der Waals surface area (Å²) in [6, 6.07) is -0.0400. The van der Waals surface area contributed by atoms with Gasteiger partial charge in [0.15, 0.2) is 5.76 Å². The van der Waals surface area contributed by atoms with Gasteiger partial charge in [-0.2, -0.15) is 0 Å². The minimum Gasteiger partial charge on any atom is -0.383 e. The molecule has 1 aromatic rings. The van der Waals surface area contributed by atoms with Gasteiger partial charge in [-0.25, -0.2) is 0 Å². The predicted octanol–water partition coefficient (Wildman–Crippen LogP) is 1.87. The van der Waals surface area contributed by atoms with Crippen molar-refractivity contribution in [3.63, 3.8) is 0 Å². The van der Waals surface area contributed by atoms with Crippen molar-refractivity contribution in [2.75, 3.05) is 13.7 Å². The molecule has 0 aromatic carbocycles. The lowest BCUT2D eigenvalue weighted by Crippen LogP contribution is -2.36. The molecule has 0 aliphatic carbocycles. The van der Waals surface area contributed by atoms with Gasteiger partial charge >= 0.3 is 0 Å². The monoisotopic (exact) mass is 240 g/mol. The Labute approximate surface area is 102 Å². The zero-order valence-corrected chi connectivity index (χ0v) is 11.0. The number of carbonyl (C=O) groups excluding carboxylic acids is 1. The van der Waals surface area contributed by atoms with E-state index < -0.39 is 0 Å². The Kier molecular flexibility index (Phi) is 4.69. The molecule has 96 valence electrons. The Bertz CT molecular complexity index is 385. The molecule has 1 N–H and O–H groups in total. The first-order valence-corrected chi connectivity index (χ1v) is 5.73. The zero-order valence-electron chi connectivity index (χ0n) is 11.0. The van der Waals surface area contributed by atoms with Crippen LogP contribution in [-0.4, -0.2) is 30.8 Å². The zero-order chi connectivity index (χ0) is 13.0. The molecule has 1 rings (SSSR count). The molecule has 1 amide bonds. The number of amides is 1. The standard InChI is InChI=1S/C12H20N2O3/c1-7(2)11-10(9(4)14-17-11)12(15)13-8(3)6-16-5/h7-8H,6H2,1-5H3,(H,13,15)/t8-/m1/s1. The number of hydrogen-bond donors (Lipinski definition) is 1. The minimum absolute atomic E-state index is 0.0400. The average molecular weight is 240 g/mol. The van der Waals surface area contributed by atoms with E-state index in [2.05, 4.69) is 10.5 Å². The third-order valence-electron chi connectivity index (χ3n) is 2.43. The first-order valence-electron chi connectivity index (χ1n) is 5.73. The molecule has 1 heterocycles. The highest BCUT2D eigenvalue weighted by molar-refractivity contribution is 5.96. The number of nitrogens with zero attached hydrogens (tertiary/aromatic N) is 1. The largest absolute Gasteiger partial charge is 0.383 e. The van der Waals surface area contributed by atoms with Crippen LogP contribution in [0.4, 0.5) is 0 Å². The molecule has 5 heteroatoms. The van der Waals surface area contributed by atoms with Crippen molar-refractivity contribution in [3.8, 4) is 0 Å². The second-order valence-corrected chi connectivity index (χ2v) is 4.49. The van der Waals surface area contributed by atoms with E-state index in [0.29, 0.717) is 23.6 Å². The van der Waals surface area contributed by atoms with Crippen molar-refractivity contribution in [2.45, 2.75) is 39.7 Å². The van der Waals surface area contributed by atoms with Crippen molar-refractivity contribution in [1.29, 1.82) is 0 Å². The van der Waals surface area contributed by atoms with Gasteiger partial charge in [0.1, 0.15) is 5.56 Å². The maximum atomic E-state index is 12.1. The number of carbonyl (C=O) groups is 1. The highest BCUT2D eigenvalue weighted by Gasteiger charge is 2.23. The van der Waals surface area contributed by atoms with Gasteiger partial charge in [-0.3, -0.25) is 4.79 Å². The lowest BCUT2D eigenvalue weighted by atomic mass is 10.0. The van der Waals surface area contributed by atoms with Crippen LogP contribution in [0.2, 0.25) is 0 Å². The molecular formula is C12H20N2O3. The average Bonchev–Trinajstić information content (AvgIpc) is 2.60. The molecule has 0 fully saturated rings. The number of aryl methyl sites for hydroxylation is 1. The number of hydrogen-bond acceptors (Lipinski definition) is 4. The summed E-state index contributed by atoms with van der Waals surface area (Å²) >= 11 is 0.